The highest BCUT2D eigenvalue weighted by atomic mass is 35.5. The van der Waals surface area contributed by atoms with Crippen LogP contribution in [0.5, 0.6) is 0 Å². The van der Waals surface area contributed by atoms with Crippen molar-refractivity contribution < 1.29 is 4.79 Å². The summed E-state index contributed by atoms with van der Waals surface area (Å²) >= 11 is 17.2. The molecule has 0 aliphatic carbocycles. The van der Waals surface area contributed by atoms with E-state index >= 15 is 0 Å². The first kappa shape index (κ1) is 23.3. The van der Waals surface area contributed by atoms with E-state index in [1.165, 1.54) is 16.0 Å². The summed E-state index contributed by atoms with van der Waals surface area (Å²) in [7, 11) is 0. The molecule has 0 bridgehead atoms. The predicted octanol–water partition coefficient (Wildman–Crippen LogP) is 8.20. The number of rotatable bonds is 7. The van der Waals surface area contributed by atoms with Crippen LogP contribution in [0.2, 0.25) is 10.0 Å². The van der Waals surface area contributed by atoms with Gasteiger partial charge < -0.3 is 0 Å². The number of thiazole rings is 2. The molecule has 34 heavy (non-hydrogen) atoms. The largest absolute Gasteiger partial charge is 0.298 e. The lowest BCUT2D eigenvalue weighted by atomic mass is 10.1. The number of carbonyl (C=O) groups is 1. The maximum atomic E-state index is 12.7. The molecular weight excluding hydrogens is 525 g/mol. The zero-order valence-corrected chi connectivity index (χ0v) is 21.6. The number of nitrogens with one attached hydrogen (secondary N) is 1. The number of anilines is 1. The number of hydrogen-bond donors (Lipinski definition) is 1. The van der Waals surface area contributed by atoms with Crippen molar-refractivity contribution >= 4 is 78.9 Å². The summed E-state index contributed by atoms with van der Waals surface area (Å²) in [6.45, 7) is 0. The highest BCUT2D eigenvalue weighted by Crippen LogP contribution is 2.32. The second-order valence-corrected chi connectivity index (χ2v) is 11.6. The Hall–Kier alpha value is -2.42. The van der Waals surface area contributed by atoms with Crippen molar-refractivity contribution in [2.24, 2.45) is 0 Å². The van der Waals surface area contributed by atoms with Gasteiger partial charge in [-0.2, -0.15) is 0 Å². The third kappa shape index (κ3) is 5.45. The number of fused-ring (bicyclic) bond motifs is 1. The molecule has 1 N–H and O–H groups in total. The fourth-order valence-corrected chi connectivity index (χ4v) is 6.54. The fraction of sp³-hybridized carbons (Fsp3) is 0.0800. The molecule has 0 spiro atoms. The van der Waals surface area contributed by atoms with Crippen LogP contribution in [-0.2, 0) is 12.2 Å². The Morgan fingerprint density at radius 2 is 1.79 bits per heavy atom. The second-order valence-electron chi connectivity index (χ2n) is 7.41. The average Bonchev–Trinajstić information content (AvgIpc) is 3.47. The van der Waals surface area contributed by atoms with Crippen LogP contribution in [0.25, 0.3) is 10.2 Å². The van der Waals surface area contributed by atoms with Crippen LogP contribution < -0.4 is 5.32 Å². The lowest BCUT2D eigenvalue weighted by molar-refractivity contribution is 0.102. The molecule has 0 unspecified atom stereocenters. The standard InChI is InChI=1S/C25H17Cl2N3OS3/c26-19-5-3-4-17(22(19)27)12-18-13-28-24(33-18)30-23(31)16-10-8-15(9-11-16)14-32-25-29-20-6-1-2-7-21(20)34-25/h1-11,13H,12,14H2,(H,28,30,31). The van der Waals surface area contributed by atoms with Crippen molar-refractivity contribution in [1.82, 2.24) is 9.97 Å². The Kier molecular flexibility index (Phi) is 7.18. The molecule has 4 nitrogen and oxygen atoms in total. The number of hydrogen-bond acceptors (Lipinski definition) is 6. The van der Waals surface area contributed by atoms with Gasteiger partial charge in [0.1, 0.15) is 0 Å². The van der Waals surface area contributed by atoms with E-state index in [0.717, 1.165) is 31.6 Å². The van der Waals surface area contributed by atoms with Gasteiger partial charge in [-0.1, -0.05) is 71.4 Å². The Labute approximate surface area is 219 Å². The van der Waals surface area contributed by atoms with E-state index < -0.39 is 0 Å². The van der Waals surface area contributed by atoms with Crippen LogP contribution in [-0.4, -0.2) is 15.9 Å². The Morgan fingerprint density at radius 1 is 0.971 bits per heavy atom. The minimum atomic E-state index is -0.188. The zero-order valence-electron chi connectivity index (χ0n) is 17.6. The predicted molar refractivity (Wildman–Crippen MR) is 145 cm³/mol. The Morgan fingerprint density at radius 3 is 2.62 bits per heavy atom. The molecule has 0 aliphatic heterocycles. The van der Waals surface area contributed by atoms with Crippen molar-refractivity contribution in [2.45, 2.75) is 16.5 Å². The minimum Gasteiger partial charge on any atom is -0.298 e. The molecule has 0 saturated carbocycles. The van der Waals surface area contributed by atoms with Crippen molar-refractivity contribution in [2.75, 3.05) is 5.32 Å². The molecule has 0 fully saturated rings. The van der Waals surface area contributed by atoms with Gasteiger partial charge >= 0.3 is 0 Å². The second kappa shape index (κ2) is 10.5. The summed E-state index contributed by atoms with van der Waals surface area (Å²) < 4.78 is 2.24. The summed E-state index contributed by atoms with van der Waals surface area (Å²) in [5.74, 6) is 0.607. The van der Waals surface area contributed by atoms with Gasteiger partial charge in [0, 0.05) is 28.8 Å². The quantitative estimate of drug-likeness (QED) is 0.211. The topological polar surface area (TPSA) is 54.9 Å². The molecule has 2 aromatic heterocycles. The zero-order chi connectivity index (χ0) is 23.5. The summed E-state index contributed by atoms with van der Waals surface area (Å²) in [4.78, 5) is 22.6. The molecule has 5 aromatic rings. The van der Waals surface area contributed by atoms with Crippen LogP contribution in [0.3, 0.4) is 0 Å². The summed E-state index contributed by atoms with van der Waals surface area (Å²) in [5, 5.41) is 4.50. The monoisotopic (exact) mass is 541 g/mol. The number of amides is 1. The number of halogens is 2. The molecule has 0 atom stereocenters. The number of carbonyl (C=O) groups excluding carboxylic acids is 1. The van der Waals surface area contributed by atoms with E-state index in [4.69, 9.17) is 23.2 Å². The SMILES string of the molecule is O=C(Nc1ncc(Cc2cccc(Cl)c2Cl)s1)c1ccc(CSc2nc3ccccc3s2)cc1. The molecule has 0 saturated heterocycles. The third-order valence-corrected chi connectivity index (χ3v) is 9.04. The van der Waals surface area contributed by atoms with Crippen LogP contribution in [0, 0.1) is 0 Å². The van der Waals surface area contributed by atoms with Crippen LogP contribution in [0.1, 0.15) is 26.4 Å². The van der Waals surface area contributed by atoms with Crippen molar-refractivity contribution in [3.05, 3.63) is 105 Å². The molecule has 5 rings (SSSR count). The van der Waals surface area contributed by atoms with Gasteiger partial charge in [0.15, 0.2) is 9.47 Å². The maximum absolute atomic E-state index is 12.7. The Bertz CT molecular complexity index is 1430. The average molecular weight is 543 g/mol. The molecule has 170 valence electrons. The van der Waals surface area contributed by atoms with Gasteiger partial charge in [-0.15, -0.1) is 22.7 Å². The highest BCUT2D eigenvalue weighted by molar-refractivity contribution is 8.00. The highest BCUT2D eigenvalue weighted by Gasteiger charge is 2.12. The number of para-hydroxylation sites is 1. The smallest absolute Gasteiger partial charge is 0.257 e. The number of benzene rings is 3. The van der Waals surface area contributed by atoms with Crippen molar-refractivity contribution in [1.29, 1.82) is 0 Å². The molecule has 0 aliphatic rings. The fourth-order valence-electron chi connectivity index (χ4n) is 3.30. The van der Waals surface area contributed by atoms with Gasteiger partial charge in [0.2, 0.25) is 0 Å². The first-order chi connectivity index (χ1) is 16.5. The van der Waals surface area contributed by atoms with Crippen LogP contribution >= 0.6 is 57.6 Å². The lowest BCUT2D eigenvalue weighted by Gasteiger charge is -2.04. The molecule has 2 heterocycles. The number of aromatic nitrogens is 2. The van der Waals surface area contributed by atoms with Gasteiger partial charge in [-0.25, -0.2) is 9.97 Å². The normalized spacial score (nSPS) is 11.1. The molecular formula is C25H17Cl2N3OS3. The van der Waals surface area contributed by atoms with E-state index in [1.54, 1.807) is 35.4 Å². The van der Waals surface area contributed by atoms with E-state index in [1.807, 2.05) is 54.6 Å². The van der Waals surface area contributed by atoms with Gasteiger partial charge in [-0.05, 0) is 41.5 Å². The van der Waals surface area contributed by atoms with Crippen molar-refractivity contribution in [3.8, 4) is 0 Å². The van der Waals surface area contributed by atoms with E-state index in [9.17, 15) is 4.79 Å². The molecule has 1 amide bonds. The van der Waals surface area contributed by atoms with E-state index in [-0.39, 0.29) is 5.91 Å². The molecule has 9 heteroatoms. The third-order valence-electron chi connectivity index (χ3n) is 5.02. The first-order valence-corrected chi connectivity index (χ1v) is 13.7. The number of nitrogens with zero attached hydrogens (tertiary/aromatic N) is 2. The maximum Gasteiger partial charge on any atom is 0.257 e. The summed E-state index contributed by atoms with van der Waals surface area (Å²) in [6.07, 6.45) is 2.35. The van der Waals surface area contributed by atoms with Gasteiger partial charge in [-0.3, -0.25) is 10.1 Å². The van der Waals surface area contributed by atoms with Gasteiger partial charge in [0.25, 0.3) is 5.91 Å². The van der Waals surface area contributed by atoms with Crippen LogP contribution in [0.15, 0.2) is 77.3 Å². The van der Waals surface area contributed by atoms with E-state index in [2.05, 4.69) is 21.4 Å². The van der Waals surface area contributed by atoms with Crippen LogP contribution in [0.4, 0.5) is 5.13 Å². The van der Waals surface area contributed by atoms with Gasteiger partial charge in [0.05, 0.1) is 20.3 Å². The molecule has 0 radical (unpaired) electrons. The summed E-state index contributed by atoms with van der Waals surface area (Å²) in [5.41, 5.74) is 3.68. The number of thioether (sulfide) groups is 1. The summed E-state index contributed by atoms with van der Waals surface area (Å²) in [6, 6.07) is 21.3. The Balaban J connectivity index is 1.18. The minimum absolute atomic E-state index is 0.188. The molecule has 3 aromatic carbocycles. The van der Waals surface area contributed by atoms with E-state index in [0.29, 0.717) is 27.2 Å². The lowest BCUT2D eigenvalue weighted by Crippen LogP contribution is -2.11. The van der Waals surface area contributed by atoms with Crippen molar-refractivity contribution in [3.63, 3.8) is 0 Å². The first-order valence-electron chi connectivity index (χ1n) is 10.3.